The van der Waals surface area contributed by atoms with Crippen LogP contribution in [0.15, 0.2) is 36.5 Å². The molecule has 92 valence electrons. The summed E-state index contributed by atoms with van der Waals surface area (Å²) >= 11 is 6.06. The van der Waals surface area contributed by atoms with Crippen LogP contribution in [0.5, 0.6) is 11.5 Å². The maximum Gasteiger partial charge on any atom is 0.146 e. The molecule has 0 radical (unpaired) electrons. The Morgan fingerprint density at radius 1 is 1.33 bits per heavy atom. The van der Waals surface area contributed by atoms with E-state index >= 15 is 0 Å². The normalized spacial score (nSPS) is 10.1. The SMILES string of the molecule is Cc1ccc(Oc2ccc(C(=N)N)nc2)c(Cl)c1. The highest BCUT2D eigenvalue weighted by Crippen LogP contribution is 2.29. The molecule has 0 amide bonds. The molecule has 0 unspecified atom stereocenters. The summed E-state index contributed by atoms with van der Waals surface area (Å²) in [6, 6.07) is 8.86. The molecule has 2 rings (SSSR count). The molecule has 1 aromatic heterocycles. The van der Waals surface area contributed by atoms with Crippen LogP contribution in [0.2, 0.25) is 5.02 Å². The number of hydrogen-bond donors (Lipinski definition) is 2. The van der Waals surface area contributed by atoms with E-state index in [-0.39, 0.29) is 5.84 Å². The van der Waals surface area contributed by atoms with Gasteiger partial charge < -0.3 is 10.5 Å². The molecule has 0 atom stereocenters. The minimum absolute atomic E-state index is 0.0741. The van der Waals surface area contributed by atoms with Gasteiger partial charge in [-0.25, -0.2) is 4.98 Å². The monoisotopic (exact) mass is 261 g/mol. The molecular weight excluding hydrogens is 250 g/mol. The summed E-state index contributed by atoms with van der Waals surface area (Å²) in [5.41, 5.74) is 6.80. The third-order valence-corrected chi connectivity index (χ3v) is 2.62. The zero-order chi connectivity index (χ0) is 13.1. The number of nitrogens with two attached hydrogens (primary N) is 1. The third-order valence-electron chi connectivity index (χ3n) is 2.33. The van der Waals surface area contributed by atoms with E-state index in [0.29, 0.717) is 22.2 Å². The number of nitrogen functional groups attached to an aromatic ring is 1. The maximum absolute atomic E-state index is 7.24. The van der Waals surface area contributed by atoms with E-state index in [1.54, 1.807) is 18.2 Å². The van der Waals surface area contributed by atoms with E-state index in [1.165, 1.54) is 6.20 Å². The minimum atomic E-state index is -0.0741. The third kappa shape index (κ3) is 2.78. The van der Waals surface area contributed by atoms with Crippen LogP contribution < -0.4 is 10.5 Å². The molecule has 1 aromatic carbocycles. The summed E-state index contributed by atoms with van der Waals surface area (Å²) in [5, 5.41) is 7.78. The van der Waals surface area contributed by atoms with Gasteiger partial charge >= 0.3 is 0 Å². The van der Waals surface area contributed by atoms with Crippen LogP contribution in [0.1, 0.15) is 11.3 Å². The largest absolute Gasteiger partial charge is 0.454 e. The number of aromatic nitrogens is 1. The summed E-state index contributed by atoms with van der Waals surface area (Å²) in [7, 11) is 0. The molecule has 0 aliphatic heterocycles. The van der Waals surface area contributed by atoms with Gasteiger partial charge in [0.1, 0.15) is 23.0 Å². The number of amidine groups is 1. The van der Waals surface area contributed by atoms with Gasteiger partial charge in [-0.2, -0.15) is 0 Å². The Bertz CT molecular complexity index is 581. The van der Waals surface area contributed by atoms with Crippen molar-refractivity contribution in [2.75, 3.05) is 0 Å². The quantitative estimate of drug-likeness (QED) is 0.659. The summed E-state index contributed by atoms with van der Waals surface area (Å²) in [4.78, 5) is 4.00. The first-order valence-electron chi connectivity index (χ1n) is 5.31. The zero-order valence-electron chi connectivity index (χ0n) is 9.77. The molecule has 18 heavy (non-hydrogen) atoms. The molecule has 0 aliphatic carbocycles. The number of halogens is 1. The Kier molecular flexibility index (Phi) is 3.48. The molecule has 2 aromatic rings. The summed E-state index contributed by atoms with van der Waals surface area (Å²) in [6.45, 7) is 1.96. The van der Waals surface area contributed by atoms with Crippen molar-refractivity contribution >= 4 is 17.4 Å². The second-order valence-corrected chi connectivity index (χ2v) is 4.24. The number of hydrogen-bond acceptors (Lipinski definition) is 3. The van der Waals surface area contributed by atoms with Crippen LogP contribution in [-0.4, -0.2) is 10.8 Å². The Hall–Kier alpha value is -2.07. The zero-order valence-corrected chi connectivity index (χ0v) is 10.5. The molecule has 1 heterocycles. The number of benzene rings is 1. The number of ether oxygens (including phenoxy) is 1. The Balaban J connectivity index is 2.21. The van der Waals surface area contributed by atoms with Crippen LogP contribution in [0.25, 0.3) is 0 Å². The van der Waals surface area contributed by atoms with Crippen molar-refractivity contribution in [3.8, 4) is 11.5 Å². The highest BCUT2D eigenvalue weighted by Gasteiger charge is 2.04. The lowest BCUT2D eigenvalue weighted by molar-refractivity contribution is 0.480. The average molecular weight is 262 g/mol. The van der Waals surface area contributed by atoms with E-state index in [9.17, 15) is 0 Å². The molecule has 5 heteroatoms. The predicted octanol–water partition coefficient (Wildman–Crippen LogP) is 3.12. The van der Waals surface area contributed by atoms with Gasteiger partial charge in [-0.15, -0.1) is 0 Å². The van der Waals surface area contributed by atoms with Gasteiger partial charge in [0, 0.05) is 0 Å². The lowest BCUT2D eigenvalue weighted by Crippen LogP contribution is -2.12. The lowest BCUT2D eigenvalue weighted by Gasteiger charge is -2.08. The van der Waals surface area contributed by atoms with E-state index in [1.807, 2.05) is 19.1 Å². The second-order valence-electron chi connectivity index (χ2n) is 3.83. The van der Waals surface area contributed by atoms with Crippen molar-refractivity contribution in [2.45, 2.75) is 6.92 Å². The number of nitrogens with zero attached hydrogens (tertiary/aromatic N) is 1. The number of aryl methyl sites for hydroxylation is 1. The van der Waals surface area contributed by atoms with Crippen molar-refractivity contribution in [1.82, 2.24) is 4.98 Å². The first-order valence-corrected chi connectivity index (χ1v) is 5.68. The molecule has 0 bridgehead atoms. The molecule has 4 nitrogen and oxygen atoms in total. The topological polar surface area (TPSA) is 72.0 Å². The van der Waals surface area contributed by atoms with E-state index < -0.39 is 0 Å². The lowest BCUT2D eigenvalue weighted by atomic mass is 10.2. The highest BCUT2D eigenvalue weighted by molar-refractivity contribution is 6.32. The first kappa shape index (κ1) is 12.4. The van der Waals surface area contributed by atoms with Crippen molar-refractivity contribution in [3.05, 3.63) is 52.8 Å². The summed E-state index contributed by atoms with van der Waals surface area (Å²) in [6.07, 6.45) is 1.51. The highest BCUT2D eigenvalue weighted by atomic mass is 35.5. The molecule has 0 fully saturated rings. The predicted molar refractivity (Wildman–Crippen MR) is 71.5 cm³/mol. The molecule has 3 N–H and O–H groups in total. The standard InChI is InChI=1S/C13H12ClN3O/c1-8-2-5-12(10(14)6-8)18-9-3-4-11(13(15)16)17-7-9/h2-7H,1H3,(H3,15,16). The minimum Gasteiger partial charge on any atom is -0.454 e. The van der Waals surface area contributed by atoms with Gasteiger partial charge in [-0.1, -0.05) is 17.7 Å². The van der Waals surface area contributed by atoms with Crippen LogP contribution in [-0.2, 0) is 0 Å². The first-order chi connectivity index (χ1) is 8.56. The van der Waals surface area contributed by atoms with Crippen LogP contribution in [0.4, 0.5) is 0 Å². The van der Waals surface area contributed by atoms with Crippen LogP contribution in [0, 0.1) is 12.3 Å². The Labute approximate surface area is 110 Å². The van der Waals surface area contributed by atoms with Gasteiger partial charge in [-0.3, -0.25) is 5.41 Å². The van der Waals surface area contributed by atoms with E-state index in [0.717, 1.165) is 5.56 Å². The van der Waals surface area contributed by atoms with Crippen LogP contribution >= 0.6 is 11.6 Å². The van der Waals surface area contributed by atoms with Crippen molar-refractivity contribution < 1.29 is 4.74 Å². The molecule has 0 aliphatic rings. The van der Waals surface area contributed by atoms with Gasteiger partial charge in [0.05, 0.1) is 11.2 Å². The molecule has 0 saturated heterocycles. The maximum atomic E-state index is 7.24. The molecule has 0 spiro atoms. The van der Waals surface area contributed by atoms with Gasteiger partial charge in [0.2, 0.25) is 0 Å². The number of rotatable bonds is 3. The van der Waals surface area contributed by atoms with Gasteiger partial charge in [0.15, 0.2) is 0 Å². The van der Waals surface area contributed by atoms with Gasteiger partial charge in [-0.05, 0) is 36.8 Å². The number of nitrogens with one attached hydrogen (secondary N) is 1. The molecule has 0 saturated carbocycles. The smallest absolute Gasteiger partial charge is 0.146 e. The average Bonchev–Trinajstić information content (AvgIpc) is 2.33. The summed E-state index contributed by atoms with van der Waals surface area (Å²) < 4.78 is 5.59. The van der Waals surface area contributed by atoms with Crippen molar-refractivity contribution in [1.29, 1.82) is 5.41 Å². The van der Waals surface area contributed by atoms with Crippen molar-refractivity contribution in [3.63, 3.8) is 0 Å². The fourth-order valence-corrected chi connectivity index (χ4v) is 1.69. The van der Waals surface area contributed by atoms with E-state index in [4.69, 9.17) is 27.5 Å². The van der Waals surface area contributed by atoms with Crippen LogP contribution in [0.3, 0.4) is 0 Å². The summed E-state index contributed by atoms with van der Waals surface area (Å²) in [5.74, 6) is 1.04. The second kappa shape index (κ2) is 5.06. The number of pyridine rings is 1. The van der Waals surface area contributed by atoms with E-state index in [2.05, 4.69) is 4.98 Å². The molecular formula is C13H12ClN3O. The van der Waals surface area contributed by atoms with Gasteiger partial charge in [0.25, 0.3) is 0 Å². The fraction of sp³-hybridized carbons (Fsp3) is 0.0769. The Morgan fingerprint density at radius 3 is 2.67 bits per heavy atom. The Morgan fingerprint density at radius 2 is 2.11 bits per heavy atom. The van der Waals surface area contributed by atoms with Crippen molar-refractivity contribution in [2.24, 2.45) is 5.73 Å². The fourth-order valence-electron chi connectivity index (χ4n) is 1.42.